The number of nitrogens with zero attached hydrogens (tertiary/aromatic N) is 2. The minimum atomic E-state index is -1.05. The summed E-state index contributed by atoms with van der Waals surface area (Å²) in [4.78, 5) is 45.9. The molecule has 29 heavy (non-hydrogen) atoms. The van der Waals surface area contributed by atoms with Crippen molar-refractivity contribution in [2.45, 2.75) is 26.9 Å². The molecule has 0 fully saturated rings. The van der Waals surface area contributed by atoms with Crippen LogP contribution in [0.5, 0.6) is 0 Å². The molecule has 0 atom stereocenters. The van der Waals surface area contributed by atoms with E-state index in [2.05, 4.69) is 0 Å². The highest BCUT2D eigenvalue weighted by Crippen LogP contribution is 2.27. The smallest absolute Gasteiger partial charge is 0.346 e. The second kappa shape index (κ2) is 8.54. The van der Waals surface area contributed by atoms with Crippen molar-refractivity contribution >= 4 is 23.3 Å². The summed E-state index contributed by atoms with van der Waals surface area (Å²) in [6, 6.07) is 4.57. The number of carbonyl (C=O) groups is 2. The quantitative estimate of drug-likeness (QED) is 0.316. The lowest BCUT2D eigenvalue weighted by Crippen LogP contribution is -2.19. The summed E-state index contributed by atoms with van der Waals surface area (Å²) in [6.07, 6.45) is 0. The predicted molar refractivity (Wildman–Crippen MR) is 101 cm³/mol. The molecule has 11 nitrogen and oxygen atoms in total. The fraction of sp³-hybridized carbons (Fsp3) is 0.222. The van der Waals surface area contributed by atoms with E-state index < -0.39 is 21.8 Å². The van der Waals surface area contributed by atoms with Gasteiger partial charge in [0.05, 0.1) is 21.0 Å². The normalized spacial score (nSPS) is 10.5. The second-order valence-electron chi connectivity index (χ2n) is 6.07. The lowest BCUT2D eigenvalue weighted by molar-refractivity contribution is -0.385. The Morgan fingerprint density at radius 2 is 1.17 bits per heavy atom. The van der Waals surface area contributed by atoms with Gasteiger partial charge in [0, 0.05) is 36.3 Å². The lowest BCUT2D eigenvalue weighted by atomic mass is 9.99. The number of esters is 2. The Kier molecular flexibility index (Phi) is 6.36. The molecule has 0 saturated carbocycles. The first-order valence-electron chi connectivity index (χ1n) is 8.34. The average molecular weight is 402 g/mol. The van der Waals surface area contributed by atoms with Crippen molar-refractivity contribution in [3.63, 3.8) is 0 Å². The topological polar surface area (TPSA) is 182 Å². The van der Waals surface area contributed by atoms with Gasteiger partial charge in [-0.05, 0) is 37.1 Å². The summed E-state index contributed by atoms with van der Waals surface area (Å²) >= 11 is 0. The lowest BCUT2D eigenvalue weighted by Gasteiger charge is -2.12. The molecule has 0 aromatic heterocycles. The Hall–Kier alpha value is -3.70. The maximum atomic E-state index is 12.5. The highest BCUT2D eigenvalue weighted by molar-refractivity contribution is 6.04. The van der Waals surface area contributed by atoms with Crippen LogP contribution in [0.2, 0.25) is 0 Å². The van der Waals surface area contributed by atoms with Crippen molar-refractivity contribution in [3.8, 4) is 0 Å². The van der Waals surface area contributed by atoms with Crippen LogP contribution in [0, 0.1) is 34.1 Å². The molecule has 2 aromatic carbocycles. The third kappa shape index (κ3) is 4.10. The standard InChI is InChI=1S/C18H18N4O7/c1-9-13(7-19)11(3-5-15(9)21(25)26)17(23)29-18(24)12-4-6-16(22(27)28)10(2)14(12)8-20/h3-6H,7-8,19-20H2,1-2H3. The molecule has 0 radical (unpaired) electrons. The zero-order valence-electron chi connectivity index (χ0n) is 15.6. The highest BCUT2D eigenvalue weighted by atomic mass is 16.6. The second-order valence-corrected chi connectivity index (χ2v) is 6.07. The van der Waals surface area contributed by atoms with Crippen LogP contribution in [0.15, 0.2) is 24.3 Å². The molecular formula is C18H18N4O7. The Morgan fingerprint density at radius 1 is 0.828 bits per heavy atom. The third-order valence-electron chi connectivity index (χ3n) is 4.57. The van der Waals surface area contributed by atoms with Gasteiger partial charge in [-0.15, -0.1) is 0 Å². The Morgan fingerprint density at radius 3 is 1.45 bits per heavy atom. The summed E-state index contributed by atoms with van der Waals surface area (Å²) in [7, 11) is 0. The van der Waals surface area contributed by atoms with Crippen molar-refractivity contribution < 1.29 is 24.2 Å². The zero-order chi connectivity index (χ0) is 21.9. The van der Waals surface area contributed by atoms with Gasteiger partial charge >= 0.3 is 11.9 Å². The average Bonchev–Trinajstić information content (AvgIpc) is 2.66. The van der Waals surface area contributed by atoms with Gasteiger partial charge in [-0.25, -0.2) is 9.59 Å². The van der Waals surface area contributed by atoms with E-state index in [1.165, 1.54) is 13.8 Å². The number of benzene rings is 2. The minimum Gasteiger partial charge on any atom is -0.386 e. The van der Waals surface area contributed by atoms with Crippen LogP contribution in [-0.2, 0) is 17.8 Å². The number of rotatable bonds is 6. The van der Waals surface area contributed by atoms with Crippen LogP contribution in [0.25, 0.3) is 0 Å². The maximum absolute atomic E-state index is 12.5. The van der Waals surface area contributed by atoms with Crippen LogP contribution in [0.4, 0.5) is 11.4 Å². The summed E-state index contributed by atoms with van der Waals surface area (Å²) in [5.41, 5.74) is 11.4. The van der Waals surface area contributed by atoms with Gasteiger partial charge in [-0.1, -0.05) is 0 Å². The first-order valence-corrected chi connectivity index (χ1v) is 8.34. The van der Waals surface area contributed by atoms with E-state index in [0.29, 0.717) is 0 Å². The molecule has 2 rings (SSSR count). The summed E-state index contributed by atoms with van der Waals surface area (Å²) in [6.45, 7) is 2.50. The monoisotopic (exact) mass is 402 g/mol. The molecule has 0 aliphatic heterocycles. The van der Waals surface area contributed by atoms with E-state index in [9.17, 15) is 29.8 Å². The number of hydrogen-bond donors (Lipinski definition) is 2. The molecule has 0 aliphatic rings. The number of hydrogen-bond acceptors (Lipinski definition) is 9. The van der Waals surface area contributed by atoms with Gasteiger partial charge in [0.25, 0.3) is 11.4 Å². The largest absolute Gasteiger partial charge is 0.386 e. The maximum Gasteiger partial charge on any atom is 0.346 e. The summed E-state index contributed by atoms with van der Waals surface area (Å²) in [5, 5.41) is 22.1. The summed E-state index contributed by atoms with van der Waals surface area (Å²) in [5.74, 6) is -2.10. The van der Waals surface area contributed by atoms with Crippen molar-refractivity contribution in [1.82, 2.24) is 0 Å². The van der Waals surface area contributed by atoms with Crippen LogP contribution >= 0.6 is 0 Å². The molecule has 0 spiro atoms. The van der Waals surface area contributed by atoms with Crippen molar-refractivity contribution in [2.24, 2.45) is 11.5 Å². The van der Waals surface area contributed by atoms with Crippen LogP contribution in [0.3, 0.4) is 0 Å². The van der Waals surface area contributed by atoms with Gasteiger partial charge in [0.1, 0.15) is 0 Å². The van der Waals surface area contributed by atoms with Crippen LogP contribution < -0.4 is 11.5 Å². The highest BCUT2D eigenvalue weighted by Gasteiger charge is 2.26. The molecule has 0 unspecified atom stereocenters. The Bertz CT molecular complexity index is 952. The van der Waals surface area contributed by atoms with Crippen molar-refractivity contribution in [3.05, 3.63) is 77.9 Å². The number of nitrogens with two attached hydrogens (primary N) is 2. The Balaban J connectivity index is 2.41. The van der Waals surface area contributed by atoms with Gasteiger partial charge in [0.2, 0.25) is 0 Å². The van der Waals surface area contributed by atoms with Gasteiger partial charge in [-0.3, -0.25) is 20.2 Å². The molecule has 11 heteroatoms. The first kappa shape index (κ1) is 21.6. The molecule has 0 aliphatic carbocycles. The van der Waals surface area contributed by atoms with Gasteiger partial charge < -0.3 is 16.2 Å². The number of nitro benzene ring substituents is 2. The van der Waals surface area contributed by atoms with Gasteiger partial charge in [0.15, 0.2) is 0 Å². The molecule has 0 amide bonds. The Labute approximate surface area is 164 Å². The van der Waals surface area contributed by atoms with E-state index in [-0.39, 0.29) is 57.8 Å². The fourth-order valence-corrected chi connectivity index (χ4v) is 2.99. The molecule has 4 N–H and O–H groups in total. The van der Waals surface area contributed by atoms with E-state index in [0.717, 1.165) is 24.3 Å². The molecule has 2 aromatic rings. The van der Waals surface area contributed by atoms with E-state index in [4.69, 9.17) is 16.2 Å². The zero-order valence-corrected chi connectivity index (χ0v) is 15.6. The minimum absolute atomic E-state index is 0.0862. The molecule has 0 bridgehead atoms. The number of carbonyl (C=O) groups excluding carboxylic acids is 2. The number of nitro groups is 2. The number of ether oxygens (including phenoxy) is 1. The third-order valence-corrected chi connectivity index (χ3v) is 4.57. The van der Waals surface area contributed by atoms with E-state index >= 15 is 0 Å². The molecular weight excluding hydrogens is 384 g/mol. The van der Waals surface area contributed by atoms with Crippen molar-refractivity contribution in [2.75, 3.05) is 0 Å². The van der Waals surface area contributed by atoms with E-state index in [1.54, 1.807) is 0 Å². The molecule has 0 heterocycles. The fourth-order valence-electron chi connectivity index (χ4n) is 2.99. The van der Waals surface area contributed by atoms with E-state index in [1.807, 2.05) is 0 Å². The van der Waals surface area contributed by atoms with Crippen molar-refractivity contribution in [1.29, 1.82) is 0 Å². The molecule has 0 saturated heterocycles. The van der Waals surface area contributed by atoms with Crippen LogP contribution in [0.1, 0.15) is 43.0 Å². The predicted octanol–water partition coefficient (Wildman–Crippen LogP) is 2.03. The van der Waals surface area contributed by atoms with Gasteiger partial charge in [-0.2, -0.15) is 0 Å². The summed E-state index contributed by atoms with van der Waals surface area (Å²) < 4.78 is 4.89. The first-order chi connectivity index (χ1) is 13.6. The SMILES string of the molecule is Cc1c([N+](=O)[O-])ccc(C(=O)OC(=O)c2ccc([N+](=O)[O-])c(C)c2CN)c1CN. The molecule has 152 valence electrons. The van der Waals surface area contributed by atoms with Crippen LogP contribution in [-0.4, -0.2) is 21.8 Å².